The molecular weight excluding hydrogens is 495 g/mol. The summed E-state index contributed by atoms with van der Waals surface area (Å²) in [5.41, 5.74) is -0.398. The molecule has 0 saturated heterocycles. The first-order valence-electron chi connectivity index (χ1n) is 9.67. The number of hydrogen-bond acceptors (Lipinski definition) is 4. The molecule has 0 spiro atoms. The van der Waals surface area contributed by atoms with E-state index in [0.717, 1.165) is 22.2 Å². The highest BCUT2D eigenvalue weighted by molar-refractivity contribution is 9.10. The van der Waals surface area contributed by atoms with Gasteiger partial charge >= 0.3 is 12.3 Å². The van der Waals surface area contributed by atoms with Crippen LogP contribution in [-0.4, -0.2) is 24.3 Å². The standard InChI is InChI=1S/C22H23BrF3NO3S/c1-21(2,3)30-20(28)27-12-15-11-19(17-10-14(23)7-8-18(17)29-15)31-16-6-4-5-13(9-16)22(24,25)26/h4-10,15,19H,11-12H2,1-3H3,(H,27,28). The van der Waals surface area contributed by atoms with Gasteiger partial charge in [0.1, 0.15) is 17.5 Å². The van der Waals surface area contributed by atoms with Crippen LogP contribution in [0.1, 0.15) is 43.6 Å². The summed E-state index contributed by atoms with van der Waals surface area (Å²) < 4.78 is 51.5. The van der Waals surface area contributed by atoms with Crippen LogP contribution in [0.5, 0.6) is 5.75 Å². The summed E-state index contributed by atoms with van der Waals surface area (Å²) in [4.78, 5) is 12.5. The first-order chi connectivity index (χ1) is 14.4. The minimum absolute atomic E-state index is 0.143. The molecule has 1 aliphatic rings. The predicted molar refractivity (Wildman–Crippen MR) is 117 cm³/mol. The van der Waals surface area contributed by atoms with E-state index < -0.39 is 23.4 Å². The van der Waals surface area contributed by atoms with Gasteiger partial charge in [-0.05, 0) is 57.2 Å². The van der Waals surface area contributed by atoms with Gasteiger partial charge in [0.15, 0.2) is 0 Å². The molecule has 0 radical (unpaired) electrons. The Morgan fingerprint density at radius 3 is 2.65 bits per heavy atom. The highest BCUT2D eigenvalue weighted by Gasteiger charge is 2.33. The number of carbonyl (C=O) groups excluding carboxylic acids is 1. The molecule has 0 aliphatic carbocycles. The second kappa shape index (κ2) is 9.32. The van der Waals surface area contributed by atoms with Crippen molar-refractivity contribution in [3.8, 4) is 5.75 Å². The van der Waals surface area contributed by atoms with Crippen molar-refractivity contribution in [1.29, 1.82) is 0 Å². The molecule has 2 atom stereocenters. The molecule has 2 unspecified atom stereocenters. The number of thioether (sulfide) groups is 1. The Morgan fingerprint density at radius 1 is 1.23 bits per heavy atom. The summed E-state index contributed by atoms with van der Waals surface area (Å²) in [6.07, 6.45) is -4.77. The van der Waals surface area contributed by atoms with Crippen LogP contribution in [0.2, 0.25) is 0 Å². The van der Waals surface area contributed by atoms with E-state index >= 15 is 0 Å². The topological polar surface area (TPSA) is 47.6 Å². The van der Waals surface area contributed by atoms with E-state index in [0.29, 0.717) is 17.1 Å². The molecule has 3 rings (SSSR count). The van der Waals surface area contributed by atoms with Gasteiger partial charge < -0.3 is 14.8 Å². The minimum atomic E-state index is -4.40. The summed E-state index contributed by atoms with van der Waals surface area (Å²) in [6, 6.07) is 10.9. The highest BCUT2D eigenvalue weighted by Crippen LogP contribution is 2.47. The Bertz CT molecular complexity index is 946. The molecule has 0 aromatic heterocycles. The Labute approximate surface area is 192 Å². The summed E-state index contributed by atoms with van der Waals surface area (Å²) in [7, 11) is 0. The zero-order valence-electron chi connectivity index (χ0n) is 17.3. The van der Waals surface area contributed by atoms with Crippen LogP contribution in [0.3, 0.4) is 0 Å². The zero-order valence-corrected chi connectivity index (χ0v) is 19.7. The Hall–Kier alpha value is -1.87. The van der Waals surface area contributed by atoms with E-state index in [9.17, 15) is 18.0 Å². The zero-order chi connectivity index (χ0) is 22.8. The monoisotopic (exact) mass is 517 g/mol. The molecule has 2 aromatic carbocycles. The van der Waals surface area contributed by atoms with E-state index in [1.807, 2.05) is 18.2 Å². The van der Waals surface area contributed by atoms with E-state index in [2.05, 4.69) is 21.2 Å². The molecule has 1 N–H and O–H groups in total. The third kappa shape index (κ3) is 6.80. The molecule has 31 heavy (non-hydrogen) atoms. The summed E-state index contributed by atoms with van der Waals surface area (Å²) >= 11 is 4.80. The number of fused-ring (bicyclic) bond motifs is 1. The van der Waals surface area contributed by atoms with E-state index in [1.54, 1.807) is 26.8 Å². The lowest BCUT2D eigenvalue weighted by Crippen LogP contribution is -2.40. The minimum Gasteiger partial charge on any atom is -0.488 e. The third-order valence-electron chi connectivity index (χ3n) is 4.40. The van der Waals surface area contributed by atoms with Gasteiger partial charge in [-0.15, -0.1) is 11.8 Å². The number of halogens is 4. The van der Waals surface area contributed by atoms with Crippen molar-refractivity contribution in [3.05, 3.63) is 58.1 Å². The molecule has 4 nitrogen and oxygen atoms in total. The number of nitrogens with one attached hydrogen (secondary N) is 1. The fourth-order valence-electron chi connectivity index (χ4n) is 3.13. The van der Waals surface area contributed by atoms with Crippen LogP contribution in [0.15, 0.2) is 51.8 Å². The van der Waals surface area contributed by atoms with Gasteiger partial charge in [0, 0.05) is 26.6 Å². The second-order valence-corrected chi connectivity index (χ2v) is 10.4. The number of rotatable bonds is 4. The number of ether oxygens (including phenoxy) is 2. The summed E-state index contributed by atoms with van der Waals surface area (Å²) in [6.45, 7) is 5.56. The van der Waals surface area contributed by atoms with Gasteiger partial charge in [0.2, 0.25) is 0 Å². The molecule has 0 saturated carbocycles. The maximum Gasteiger partial charge on any atom is 0.416 e. The number of alkyl carbamates (subject to hydrolysis) is 1. The normalized spacial score (nSPS) is 18.7. The van der Waals surface area contributed by atoms with Crippen molar-refractivity contribution in [2.24, 2.45) is 0 Å². The predicted octanol–water partition coefficient (Wildman–Crippen LogP) is 6.98. The average molecular weight is 518 g/mol. The Kier molecular flexibility index (Phi) is 7.15. The fourth-order valence-corrected chi connectivity index (χ4v) is 4.81. The van der Waals surface area contributed by atoms with Gasteiger partial charge in [-0.25, -0.2) is 4.79 Å². The van der Waals surface area contributed by atoms with Gasteiger partial charge in [-0.2, -0.15) is 13.2 Å². The van der Waals surface area contributed by atoms with Crippen molar-refractivity contribution in [2.45, 2.75) is 55.2 Å². The van der Waals surface area contributed by atoms with Crippen LogP contribution in [0.4, 0.5) is 18.0 Å². The number of hydrogen-bond donors (Lipinski definition) is 1. The van der Waals surface area contributed by atoms with Crippen LogP contribution in [-0.2, 0) is 10.9 Å². The Balaban J connectivity index is 1.77. The average Bonchev–Trinajstić information content (AvgIpc) is 2.65. The number of amides is 1. The number of carbonyl (C=O) groups is 1. The molecule has 1 aliphatic heterocycles. The van der Waals surface area contributed by atoms with Crippen LogP contribution in [0.25, 0.3) is 0 Å². The van der Waals surface area contributed by atoms with E-state index in [4.69, 9.17) is 9.47 Å². The largest absolute Gasteiger partial charge is 0.488 e. The lowest BCUT2D eigenvalue weighted by atomic mass is 10.0. The van der Waals surface area contributed by atoms with Gasteiger partial charge in [-0.1, -0.05) is 22.0 Å². The molecule has 168 valence electrons. The maximum absolute atomic E-state index is 13.1. The lowest BCUT2D eigenvalue weighted by molar-refractivity contribution is -0.137. The molecule has 9 heteroatoms. The smallest absolute Gasteiger partial charge is 0.416 e. The molecule has 0 fully saturated rings. The van der Waals surface area contributed by atoms with Crippen molar-refractivity contribution in [2.75, 3.05) is 6.54 Å². The van der Waals surface area contributed by atoms with Gasteiger partial charge in [0.05, 0.1) is 12.1 Å². The number of benzene rings is 2. The Morgan fingerprint density at radius 2 is 1.97 bits per heavy atom. The first-order valence-corrected chi connectivity index (χ1v) is 11.3. The van der Waals surface area contributed by atoms with E-state index in [-0.39, 0.29) is 17.9 Å². The fraction of sp³-hybridized carbons (Fsp3) is 0.409. The summed E-state index contributed by atoms with van der Waals surface area (Å²) in [5, 5.41) is 2.57. The van der Waals surface area contributed by atoms with Crippen LogP contribution < -0.4 is 10.1 Å². The quantitative estimate of drug-likeness (QED) is 0.475. The molecule has 1 amide bonds. The van der Waals surface area contributed by atoms with Crippen molar-refractivity contribution < 1.29 is 27.4 Å². The lowest BCUT2D eigenvalue weighted by Gasteiger charge is -2.32. The number of alkyl halides is 3. The molecule has 2 aromatic rings. The summed E-state index contributed by atoms with van der Waals surface area (Å²) in [5.74, 6) is 0.648. The maximum atomic E-state index is 13.1. The molecule has 0 bridgehead atoms. The van der Waals surface area contributed by atoms with Crippen LogP contribution >= 0.6 is 27.7 Å². The highest BCUT2D eigenvalue weighted by atomic mass is 79.9. The van der Waals surface area contributed by atoms with E-state index in [1.165, 1.54) is 17.8 Å². The SMILES string of the molecule is CC(C)(C)OC(=O)NCC1CC(Sc2cccc(C(F)(F)F)c2)c2cc(Br)ccc2O1. The van der Waals surface area contributed by atoms with Gasteiger partial charge in [0.25, 0.3) is 0 Å². The van der Waals surface area contributed by atoms with Crippen molar-refractivity contribution >= 4 is 33.8 Å². The first kappa shape index (κ1) is 23.8. The van der Waals surface area contributed by atoms with Gasteiger partial charge in [-0.3, -0.25) is 0 Å². The molecule has 1 heterocycles. The van der Waals surface area contributed by atoms with Crippen molar-refractivity contribution in [1.82, 2.24) is 5.32 Å². The molecular formula is C22H23BrF3NO3S. The van der Waals surface area contributed by atoms with Crippen LogP contribution in [0, 0.1) is 0 Å². The second-order valence-electron chi connectivity index (χ2n) is 8.17. The van der Waals surface area contributed by atoms with Crippen molar-refractivity contribution in [3.63, 3.8) is 0 Å². The third-order valence-corrected chi connectivity index (χ3v) is 6.15.